The zero-order valence-corrected chi connectivity index (χ0v) is 14.3. The lowest BCUT2D eigenvalue weighted by Gasteiger charge is -2.32. The second kappa shape index (κ2) is 7.68. The fourth-order valence-corrected chi connectivity index (χ4v) is 3.42. The van der Waals surface area contributed by atoms with Crippen LogP contribution in [0.15, 0.2) is 12.4 Å². The summed E-state index contributed by atoms with van der Waals surface area (Å²) in [4.78, 5) is 31.7. The highest BCUT2D eigenvalue weighted by Gasteiger charge is 2.30. The highest BCUT2D eigenvalue weighted by Crippen LogP contribution is 2.27. The Labute approximate surface area is 142 Å². The summed E-state index contributed by atoms with van der Waals surface area (Å²) < 4.78 is 7.13. The molecule has 24 heavy (non-hydrogen) atoms. The smallest absolute Gasteiger partial charge is 0.410 e. The van der Waals surface area contributed by atoms with E-state index in [1.54, 1.807) is 0 Å². The van der Waals surface area contributed by atoms with Gasteiger partial charge in [0.1, 0.15) is 19.0 Å². The highest BCUT2D eigenvalue weighted by molar-refractivity contribution is 5.83. The summed E-state index contributed by atoms with van der Waals surface area (Å²) in [7, 11) is 0. The number of imidazole rings is 1. The van der Waals surface area contributed by atoms with Crippen molar-refractivity contribution < 1.29 is 14.3 Å². The number of carbonyl (C=O) groups is 2. The van der Waals surface area contributed by atoms with E-state index in [0.717, 1.165) is 44.7 Å². The number of unbranched alkanes of at least 4 members (excludes halogenated alkanes) is 1. The van der Waals surface area contributed by atoms with Gasteiger partial charge < -0.3 is 14.2 Å². The number of hydrogen-bond acceptors (Lipinski definition) is 4. The van der Waals surface area contributed by atoms with Crippen molar-refractivity contribution in [1.82, 2.24) is 19.4 Å². The van der Waals surface area contributed by atoms with Gasteiger partial charge in [-0.05, 0) is 19.3 Å². The minimum Gasteiger partial charge on any atom is -0.448 e. The Hall–Kier alpha value is -2.05. The monoisotopic (exact) mass is 334 g/mol. The molecule has 0 atom stereocenters. The number of aromatic nitrogens is 2. The Morgan fingerprint density at radius 3 is 2.79 bits per heavy atom. The molecule has 3 heterocycles. The Bertz CT molecular complexity index is 578. The van der Waals surface area contributed by atoms with Gasteiger partial charge in [-0.1, -0.05) is 13.3 Å². The predicted molar refractivity (Wildman–Crippen MR) is 88.6 cm³/mol. The third-order valence-electron chi connectivity index (χ3n) is 4.88. The molecule has 0 saturated carbocycles. The van der Waals surface area contributed by atoms with Gasteiger partial charge >= 0.3 is 6.09 Å². The van der Waals surface area contributed by atoms with Crippen LogP contribution >= 0.6 is 0 Å². The van der Waals surface area contributed by atoms with E-state index in [9.17, 15) is 9.59 Å². The van der Waals surface area contributed by atoms with E-state index in [1.807, 2.05) is 11.1 Å². The number of piperidine rings is 1. The quantitative estimate of drug-likeness (QED) is 0.796. The van der Waals surface area contributed by atoms with E-state index >= 15 is 0 Å². The number of likely N-dealkylation sites (tertiary alicyclic amines) is 1. The molecule has 7 nitrogen and oxygen atoms in total. The van der Waals surface area contributed by atoms with Gasteiger partial charge in [-0.25, -0.2) is 9.78 Å². The number of carbonyl (C=O) groups excluding carboxylic acids is 2. The van der Waals surface area contributed by atoms with E-state index < -0.39 is 0 Å². The molecule has 1 aromatic heterocycles. The fourth-order valence-electron chi connectivity index (χ4n) is 3.42. The first kappa shape index (κ1) is 16.8. The minimum atomic E-state index is -0.379. The summed E-state index contributed by atoms with van der Waals surface area (Å²) in [6.07, 6.45) is 7.74. The second-order valence-electron chi connectivity index (χ2n) is 6.52. The molecule has 1 aromatic rings. The van der Waals surface area contributed by atoms with Gasteiger partial charge in [0.15, 0.2) is 0 Å². The minimum absolute atomic E-state index is 0.0154. The van der Waals surface area contributed by atoms with Crippen LogP contribution in [-0.2, 0) is 16.1 Å². The maximum Gasteiger partial charge on any atom is 0.410 e. The summed E-state index contributed by atoms with van der Waals surface area (Å²) in [6.45, 7) is 5.69. The summed E-state index contributed by atoms with van der Waals surface area (Å²) in [5, 5.41) is 0. The van der Waals surface area contributed by atoms with Crippen LogP contribution in [0.1, 0.15) is 44.3 Å². The third-order valence-corrected chi connectivity index (χ3v) is 4.88. The maximum atomic E-state index is 12.4. The number of aryl methyl sites for hydroxylation is 1. The van der Waals surface area contributed by atoms with Crippen LogP contribution in [0.4, 0.5) is 4.79 Å². The standard InChI is InChI=1S/C17H26N4O3/c1-2-3-7-20-10-6-18-16(20)14-4-8-19(9-5-14)15(22)13-21-11-12-24-17(21)23/h6,10,14H,2-5,7-9,11-13H2,1H3. The van der Waals surface area contributed by atoms with Crippen molar-refractivity contribution in [3.05, 3.63) is 18.2 Å². The lowest BCUT2D eigenvalue weighted by atomic mass is 9.95. The van der Waals surface area contributed by atoms with E-state index in [-0.39, 0.29) is 18.5 Å². The van der Waals surface area contributed by atoms with Crippen LogP contribution in [0.25, 0.3) is 0 Å². The van der Waals surface area contributed by atoms with Crippen molar-refractivity contribution in [2.75, 3.05) is 32.8 Å². The van der Waals surface area contributed by atoms with Gasteiger partial charge in [-0.15, -0.1) is 0 Å². The average molecular weight is 334 g/mol. The first-order chi connectivity index (χ1) is 11.7. The van der Waals surface area contributed by atoms with Crippen molar-refractivity contribution in [2.45, 2.75) is 45.1 Å². The molecule has 132 valence electrons. The Kier molecular flexibility index (Phi) is 5.37. The molecule has 2 aliphatic heterocycles. The van der Waals surface area contributed by atoms with Crippen LogP contribution in [0.2, 0.25) is 0 Å². The maximum absolute atomic E-state index is 12.4. The van der Waals surface area contributed by atoms with Gasteiger partial charge in [0, 0.05) is 37.9 Å². The second-order valence-corrected chi connectivity index (χ2v) is 6.52. The molecule has 7 heteroatoms. The summed E-state index contributed by atoms with van der Waals surface area (Å²) in [5.41, 5.74) is 0. The lowest BCUT2D eigenvalue weighted by molar-refractivity contribution is -0.132. The molecule has 0 aliphatic carbocycles. The molecule has 0 spiro atoms. The first-order valence-electron chi connectivity index (χ1n) is 8.89. The van der Waals surface area contributed by atoms with Crippen molar-refractivity contribution in [3.63, 3.8) is 0 Å². The summed E-state index contributed by atoms with van der Waals surface area (Å²) in [6, 6.07) is 0. The molecule has 2 fully saturated rings. The molecule has 0 aromatic carbocycles. The van der Waals surface area contributed by atoms with Gasteiger partial charge in [0.25, 0.3) is 0 Å². The molecule has 3 rings (SSSR count). The van der Waals surface area contributed by atoms with Crippen LogP contribution < -0.4 is 0 Å². The topological polar surface area (TPSA) is 67.7 Å². The van der Waals surface area contributed by atoms with Crippen LogP contribution in [0, 0.1) is 0 Å². The predicted octanol–water partition coefficient (Wildman–Crippen LogP) is 1.84. The van der Waals surface area contributed by atoms with Crippen molar-refractivity contribution >= 4 is 12.0 Å². The van der Waals surface area contributed by atoms with E-state index in [4.69, 9.17) is 4.74 Å². The molecule has 0 bridgehead atoms. The molecule has 2 saturated heterocycles. The normalized spacial score (nSPS) is 19.0. The van der Waals surface area contributed by atoms with Crippen molar-refractivity contribution in [3.8, 4) is 0 Å². The number of hydrogen-bond donors (Lipinski definition) is 0. The molecule has 2 amide bonds. The Morgan fingerprint density at radius 1 is 1.33 bits per heavy atom. The number of amides is 2. The third kappa shape index (κ3) is 3.71. The van der Waals surface area contributed by atoms with Crippen LogP contribution in [-0.4, -0.2) is 64.1 Å². The average Bonchev–Trinajstić information content (AvgIpc) is 3.22. The van der Waals surface area contributed by atoms with Gasteiger partial charge in [0.2, 0.25) is 5.91 Å². The van der Waals surface area contributed by atoms with Gasteiger partial charge in [-0.3, -0.25) is 9.69 Å². The molecular formula is C17H26N4O3. The first-order valence-corrected chi connectivity index (χ1v) is 8.89. The Morgan fingerprint density at radius 2 is 2.12 bits per heavy atom. The number of nitrogens with zero attached hydrogens (tertiary/aromatic N) is 4. The van der Waals surface area contributed by atoms with Crippen molar-refractivity contribution in [2.24, 2.45) is 0 Å². The zero-order valence-electron chi connectivity index (χ0n) is 14.3. The van der Waals surface area contributed by atoms with Gasteiger partial charge in [-0.2, -0.15) is 0 Å². The zero-order chi connectivity index (χ0) is 16.9. The van der Waals surface area contributed by atoms with E-state index in [0.29, 0.717) is 19.1 Å². The van der Waals surface area contributed by atoms with E-state index in [1.165, 1.54) is 11.3 Å². The van der Waals surface area contributed by atoms with Gasteiger partial charge in [0.05, 0.1) is 6.54 Å². The number of ether oxygens (including phenoxy) is 1. The largest absolute Gasteiger partial charge is 0.448 e. The lowest BCUT2D eigenvalue weighted by Crippen LogP contribution is -2.44. The SMILES string of the molecule is CCCCn1ccnc1C1CCN(C(=O)CN2CCOC2=O)CC1. The van der Waals surface area contributed by atoms with E-state index in [2.05, 4.69) is 22.7 Å². The fraction of sp³-hybridized carbons (Fsp3) is 0.706. The van der Waals surface area contributed by atoms with Crippen LogP contribution in [0.5, 0.6) is 0 Å². The molecular weight excluding hydrogens is 308 g/mol. The molecule has 0 radical (unpaired) electrons. The number of cyclic esters (lactones) is 1. The highest BCUT2D eigenvalue weighted by atomic mass is 16.6. The summed E-state index contributed by atoms with van der Waals surface area (Å²) in [5.74, 6) is 1.58. The van der Waals surface area contributed by atoms with Crippen LogP contribution in [0.3, 0.4) is 0 Å². The molecule has 0 N–H and O–H groups in total. The summed E-state index contributed by atoms with van der Waals surface area (Å²) >= 11 is 0. The molecule has 2 aliphatic rings. The Balaban J connectivity index is 1.51. The molecule has 0 unspecified atom stereocenters. The van der Waals surface area contributed by atoms with Crippen molar-refractivity contribution in [1.29, 1.82) is 0 Å². The number of rotatable bonds is 6.